The third-order valence-corrected chi connectivity index (χ3v) is 5.24. The molecule has 1 aliphatic heterocycles. The lowest BCUT2D eigenvalue weighted by molar-refractivity contribution is 0.143. The van der Waals surface area contributed by atoms with Crippen molar-refractivity contribution in [2.45, 2.75) is 13.5 Å². The van der Waals surface area contributed by atoms with E-state index in [1.54, 1.807) is 29.2 Å². The van der Waals surface area contributed by atoms with Crippen LogP contribution in [0.15, 0.2) is 34.9 Å². The summed E-state index contributed by atoms with van der Waals surface area (Å²) in [6.45, 7) is 5.67. The summed E-state index contributed by atoms with van der Waals surface area (Å²) < 4.78 is 6.18. The predicted octanol–water partition coefficient (Wildman–Crippen LogP) is 2.94. The maximum absolute atomic E-state index is 12.3. The van der Waals surface area contributed by atoms with Crippen molar-refractivity contribution in [1.82, 2.24) is 19.9 Å². The van der Waals surface area contributed by atoms with Crippen LogP contribution >= 0.6 is 11.3 Å². The number of aryl methyl sites for hydroxylation is 1. The number of hydrogen-bond acceptors (Lipinski definition) is 6. The number of nitrogens with zero attached hydrogens (tertiary/aromatic N) is 4. The fourth-order valence-electron chi connectivity index (χ4n) is 2.90. The van der Waals surface area contributed by atoms with Gasteiger partial charge in [0.05, 0.1) is 16.8 Å². The largest absolute Gasteiger partial charge is 0.360 e. The van der Waals surface area contributed by atoms with Crippen molar-refractivity contribution in [2.24, 2.45) is 0 Å². The molecule has 3 aromatic rings. The fourth-order valence-corrected chi connectivity index (χ4v) is 3.91. The van der Waals surface area contributed by atoms with Crippen molar-refractivity contribution in [2.75, 3.05) is 31.5 Å². The van der Waals surface area contributed by atoms with Crippen molar-refractivity contribution < 1.29 is 9.32 Å². The molecule has 1 N–H and O–H groups in total. The summed E-state index contributed by atoms with van der Waals surface area (Å²) in [4.78, 5) is 21.1. The smallest absolute Gasteiger partial charge is 0.323 e. The SMILES string of the molecule is Cc1cc(NC(=O)N2CCN(Cc3nc4ccccc4s3)CC2)no1. The van der Waals surface area contributed by atoms with E-state index in [0.717, 1.165) is 30.2 Å². The standard InChI is InChI=1S/C17H19N5O2S/c1-12-10-15(20-24-12)19-17(23)22-8-6-21(7-9-22)11-16-18-13-4-2-3-5-14(13)25-16/h2-5,10H,6-9,11H2,1H3,(H,19,20,23). The Bertz CT molecular complexity index is 849. The van der Waals surface area contributed by atoms with E-state index in [2.05, 4.69) is 26.4 Å². The molecule has 7 nitrogen and oxygen atoms in total. The topological polar surface area (TPSA) is 74.5 Å². The molecule has 8 heteroatoms. The van der Waals surface area contributed by atoms with E-state index in [1.807, 2.05) is 18.2 Å². The number of thiazole rings is 1. The highest BCUT2D eigenvalue weighted by Gasteiger charge is 2.22. The molecule has 2 aromatic heterocycles. The van der Waals surface area contributed by atoms with Gasteiger partial charge in [-0.15, -0.1) is 11.3 Å². The van der Waals surface area contributed by atoms with Gasteiger partial charge < -0.3 is 9.42 Å². The summed E-state index contributed by atoms with van der Waals surface area (Å²) in [6.07, 6.45) is 0. The number of fused-ring (bicyclic) bond motifs is 1. The van der Waals surface area contributed by atoms with Gasteiger partial charge in [0.25, 0.3) is 0 Å². The first-order valence-electron chi connectivity index (χ1n) is 8.23. The number of carbonyl (C=O) groups is 1. The lowest BCUT2D eigenvalue weighted by atomic mass is 10.3. The molecule has 0 aliphatic carbocycles. The molecule has 0 unspecified atom stereocenters. The van der Waals surface area contributed by atoms with Crippen LogP contribution in [0.4, 0.5) is 10.6 Å². The Morgan fingerprint density at radius 2 is 2.08 bits per heavy atom. The molecule has 25 heavy (non-hydrogen) atoms. The van der Waals surface area contributed by atoms with Gasteiger partial charge >= 0.3 is 6.03 Å². The highest BCUT2D eigenvalue weighted by Crippen LogP contribution is 2.23. The van der Waals surface area contributed by atoms with Gasteiger partial charge in [-0.1, -0.05) is 17.3 Å². The molecule has 0 atom stereocenters. The molecule has 1 aromatic carbocycles. The minimum atomic E-state index is -0.132. The van der Waals surface area contributed by atoms with Crippen LogP contribution < -0.4 is 5.32 Å². The molecule has 0 spiro atoms. The highest BCUT2D eigenvalue weighted by molar-refractivity contribution is 7.18. The number of piperazine rings is 1. The van der Waals surface area contributed by atoms with Crippen LogP contribution in [0.3, 0.4) is 0 Å². The van der Waals surface area contributed by atoms with Crippen LogP contribution in [0.5, 0.6) is 0 Å². The van der Waals surface area contributed by atoms with Crippen molar-refractivity contribution in [3.8, 4) is 0 Å². The average molecular weight is 357 g/mol. The molecule has 1 aliphatic rings. The molecule has 130 valence electrons. The Morgan fingerprint density at radius 1 is 1.28 bits per heavy atom. The minimum absolute atomic E-state index is 0.132. The molecular formula is C17H19N5O2S. The second kappa shape index (κ2) is 6.81. The Labute approximate surface area is 149 Å². The summed E-state index contributed by atoms with van der Waals surface area (Å²) in [6, 6.07) is 9.78. The van der Waals surface area contributed by atoms with Crippen LogP contribution in [-0.4, -0.2) is 52.2 Å². The Morgan fingerprint density at radius 3 is 2.80 bits per heavy atom. The van der Waals surface area contributed by atoms with Crippen LogP contribution in [0, 0.1) is 6.92 Å². The Kier molecular flexibility index (Phi) is 4.37. The Hall–Kier alpha value is -2.45. The average Bonchev–Trinajstić information content (AvgIpc) is 3.20. The number of para-hydroxylation sites is 1. The number of urea groups is 1. The normalized spacial score (nSPS) is 15.6. The van der Waals surface area contributed by atoms with E-state index in [9.17, 15) is 4.79 Å². The lowest BCUT2D eigenvalue weighted by Crippen LogP contribution is -2.49. The van der Waals surface area contributed by atoms with Crippen molar-refractivity contribution in [3.63, 3.8) is 0 Å². The zero-order chi connectivity index (χ0) is 17.2. The number of amides is 2. The second-order valence-electron chi connectivity index (χ2n) is 6.09. The zero-order valence-corrected chi connectivity index (χ0v) is 14.8. The number of benzene rings is 1. The summed E-state index contributed by atoms with van der Waals surface area (Å²) in [5.41, 5.74) is 1.06. The summed E-state index contributed by atoms with van der Waals surface area (Å²) >= 11 is 1.74. The molecule has 1 saturated heterocycles. The predicted molar refractivity (Wildman–Crippen MR) is 96.7 cm³/mol. The van der Waals surface area contributed by atoms with Gasteiger partial charge in [0.2, 0.25) is 0 Å². The van der Waals surface area contributed by atoms with Crippen molar-refractivity contribution >= 4 is 33.4 Å². The highest BCUT2D eigenvalue weighted by atomic mass is 32.1. The van der Waals surface area contributed by atoms with Crippen LogP contribution in [0.25, 0.3) is 10.2 Å². The molecule has 3 heterocycles. The van der Waals surface area contributed by atoms with Gasteiger partial charge in [-0.25, -0.2) is 9.78 Å². The minimum Gasteiger partial charge on any atom is -0.360 e. The maximum atomic E-state index is 12.3. The van der Waals surface area contributed by atoms with E-state index >= 15 is 0 Å². The summed E-state index contributed by atoms with van der Waals surface area (Å²) in [5.74, 6) is 1.13. The monoisotopic (exact) mass is 357 g/mol. The van der Waals surface area contributed by atoms with Gasteiger partial charge in [0.1, 0.15) is 10.8 Å². The number of nitrogens with one attached hydrogen (secondary N) is 1. The molecule has 1 fully saturated rings. The molecule has 4 rings (SSSR count). The van der Waals surface area contributed by atoms with Gasteiger partial charge in [-0.05, 0) is 19.1 Å². The number of rotatable bonds is 3. The zero-order valence-electron chi connectivity index (χ0n) is 13.9. The first-order chi connectivity index (χ1) is 12.2. The third kappa shape index (κ3) is 3.64. The molecule has 0 radical (unpaired) electrons. The molecule has 2 amide bonds. The van der Waals surface area contributed by atoms with E-state index in [1.165, 1.54) is 4.70 Å². The second-order valence-corrected chi connectivity index (χ2v) is 7.21. The number of anilines is 1. The van der Waals surface area contributed by atoms with E-state index in [4.69, 9.17) is 4.52 Å². The van der Waals surface area contributed by atoms with E-state index < -0.39 is 0 Å². The molecule has 0 bridgehead atoms. The van der Waals surface area contributed by atoms with Gasteiger partial charge in [-0.2, -0.15) is 0 Å². The van der Waals surface area contributed by atoms with Gasteiger partial charge in [0, 0.05) is 32.2 Å². The first kappa shape index (κ1) is 16.0. The maximum Gasteiger partial charge on any atom is 0.323 e. The van der Waals surface area contributed by atoms with Crippen LogP contribution in [0.1, 0.15) is 10.8 Å². The molecule has 0 saturated carbocycles. The summed E-state index contributed by atoms with van der Waals surface area (Å²) in [7, 11) is 0. The number of aromatic nitrogens is 2. The fraction of sp³-hybridized carbons (Fsp3) is 0.353. The van der Waals surface area contributed by atoms with Crippen molar-refractivity contribution in [1.29, 1.82) is 0 Å². The van der Waals surface area contributed by atoms with Gasteiger partial charge in [-0.3, -0.25) is 10.2 Å². The number of carbonyl (C=O) groups excluding carboxylic acids is 1. The third-order valence-electron chi connectivity index (χ3n) is 4.22. The summed E-state index contributed by atoms with van der Waals surface area (Å²) in [5, 5.41) is 7.68. The quantitative estimate of drug-likeness (QED) is 0.780. The molecular weight excluding hydrogens is 338 g/mol. The first-order valence-corrected chi connectivity index (χ1v) is 9.05. The van der Waals surface area contributed by atoms with E-state index in [0.29, 0.717) is 24.7 Å². The van der Waals surface area contributed by atoms with Gasteiger partial charge in [0.15, 0.2) is 5.82 Å². The Balaban J connectivity index is 1.31. The van der Waals surface area contributed by atoms with Crippen LogP contribution in [-0.2, 0) is 6.54 Å². The van der Waals surface area contributed by atoms with Crippen molar-refractivity contribution in [3.05, 3.63) is 41.1 Å². The van der Waals surface area contributed by atoms with E-state index in [-0.39, 0.29) is 6.03 Å². The number of hydrogen-bond donors (Lipinski definition) is 1. The lowest BCUT2D eigenvalue weighted by Gasteiger charge is -2.33. The van der Waals surface area contributed by atoms with Crippen LogP contribution in [0.2, 0.25) is 0 Å².